The number of Topliss-reactive ketones (excluding diaryl/α,β-unsaturated/α-hetero) is 1. The second-order valence-electron chi connectivity index (χ2n) is 13.2. The van der Waals surface area contributed by atoms with Crippen LogP contribution < -0.4 is 32.2 Å². The van der Waals surface area contributed by atoms with Gasteiger partial charge in [-0.25, -0.2) is 92.6 Å². The number of halogens is 20. The summed E-state index contributed by atoms with van der Waals surface area (Å²) in [6.07, 6.45) is -3.29. The highest BCUT2D eigenvalue weighted by Crippen LogP contribution is 2.31. The van der Waals surface area contributed by atoms with E-state index >= 15 is 35.1 Å². The van der Waals surface area contributed by atoms with Gasteiger partial charge in [-0.2, -0.15) is 0 Å². The Morgan fingerprint density at radius 2 is 0.766 bits per heavy atom. The zero-order chi connectivity index (χ0) is 48.3. The summed E-state index contributed by atoms with van der Waals surface area (Å²) in [6, 6.07) is 6.76. The molecule has 0 saturated carbocycles. The Kier molecular flexibility index (Phi) is 13.5. The molecular formula is C38H15BF20O4S. The fourth-order valence-electron chi connectivity index (χ4n) is 6.63. The van der Waals surface area contributed by atoms with E-state index in [1.54, 1.807) is 31.4 Å². The molecule has 0 unspecified atom stereocenters. The van der Waals surface area contributed by atoms with E-state index in [0.717, 1.165) is 5.39 Å². The maximum Gasteiger partial charge on any atom is 0.347 e. The smallest absolute Gasteiger partial charge is 0.347 e. The summed E-state index contributed by atoms with van der Waals surface area (Å²) in [5, 5.41) is 0.718. The Labute approximate surface area is 344 Å². The molecule has 0 radical (unpaired) electrons. The molecule has 0 spiro atoms. The Morgan fingerprint density at radius 3 is 1.03 bits per heavy atom. The normalized spacial score (nSPS) is 11.7. The molecule has 0 amide bonds. The minimum absolute atomic E-state index is 0.0433. The van der Waals surface area contributed by atoms with E-state index in [-0.39, 0.29) is 22.2 Å². The first-order chi connectivity index (χ1) is 29.7. The third-order valence-electron chi connectivity index (χ3n) is 9.37. The summed E-state index contributed by atoms with van der Waals surface area (Å²) in [7, 11) is 1.50. The molecule has 0 aliphatic heterocycles. The van der Waals surface area contributed by atoms with Gasteiger partial charge in [-0.15, -0.1) is 21.9 Å². The van der Waals surface area contributed by atoms with E-state index in [9.17, 15) is 62.3 Å². The molecule has 0 fully saturated rings. The Hall–Kier alpha value is -6.21. The highest BCUT2D eigenvalue weighted by atomic mass is 32.2. The first-order valence-electron chi connectivity index (χ1n) is 16.6. The van der Waals surface area contributed by atoms with Crippen LogP contribution in [0.2, 0.25) is 0 Å². The van der Waals surface area contributed by atoms with E-state index in [4.69, 9.17) is 9.15 Å². The molecule has 0 saturated heterocycles. The predicted octanol–water partition coefficient (Wildman–Crippen LogP) is 7.71. The molecule has 0 N–H and O–H groups in total. The van der Waals surface area contributed by atoms with Gasteiger partial charge in [-0.3, -0.25) is 4.79 Å². The van der Waals surface area contributed by atoms with Crippen molar-refractivity contribution in [3.05, 3.63) is 157 Å². The minimum Gasteiger partial charge on any atom is -0.497 e. The van der Waals surface area contributed by atoms with Crippen molar-refractivity contribution in [3.63, 3.8) is 0 Å². The molecule has 26 heteroatoms. The van der Waals surface area contributed by atoms with E-state index in [1.807, 2.05) is 12.5 Å². The zero-order valence-corrected chi connectivity index (χ0v) is 32.0. The first kappa shape index (κ1) is 48.8. The van der Waals surface area contributed by atoms with Gasteiger partial charge in [0.05, 0.1) is 19.6 Å². The Morgan fingerprint density at radius 1 is 0.484 bits per heavy atom. The van der Waals surface area contributed by atoms with Gasteiger partial charge >= 0.3 is 5.63 Å². The molecule has 64 heavy (non-hydrogen) atoms. The predicted molar refractivity (Wildman–Crippen MR) is 187 cm³/mol. The summed E-state index contributed by atoms with van der Waals surface area (Å²) in [4.78, 5) is 23.8. The lowest BCUT2D eigenvalue weighted by molar-refractivity contribution is 0.101. The van der Waals surface area contributed by atoms with Crippen LogP contribution in [0.4, 0.5) is 87.8 Å². The van der Waals surface area contributed by atoms with Crippen molar-refractivity contribution in [2.45, 2.75) is 0 Å². The number of hydrogen-bond donors (Lipinski definition) is 0. The molecule has 5 aromatic carbocycles. The summed E-state index contributed by atoms with van der Waals surface area (Å²) < 4.78 is 304. The van der Waals surface area contributed by atoms with Gasteiger partial charge in [-0.05, 0) is 29.1 Å². The lowest BCUT2D eigenvalue weighted by Gasteiger charge is -2.44. The number of carbonyl (C=O) groups excluding carboxylic acids is 1. The number of methoxy groups -OCH3 is 1. The summed E-state index contributed by atoms with van der Waals surface area (Å²) in [5.74, 6) is -70.6. The van der Waals surface area contributed by atoms with E-state index < -0.39 is 150 Å². The van der Waals surface area contributed by atoms with Gasteiger partial charge in [-0.1, -0.05) is 0 Å². The molecule has 0 aliphatic rings. The number of hydrogen-bond acceptors (Lipinski definition) is 4. The van der Waals surface area contributed by atoms with Crippen molar-refractivity contribution in [2.75, 3.05) is 25.4 Å². The SMILES string of the molecule is COc1ccc2cc(C(=O)C[S+](C)C)c(=O)oc2c1.Fc1c(F)c(F)c([B-](c2c(F)c(F)c(F)c(F)c2F)(c2c(F)c(F)c(F)c(F)c2F)c2c(F)c(F)c(F)c(F)c2F)c(F)c1F. The molecule has 1 heterocycles. The van der Waals surface area contributed by atoms with Gasteiger partial charge in [0.2, 0.25) is 5.78 Å². The highest BCUT2D eigenvalue weighted by molar-refractivity contribution is 7.96. The summed E-state index contributed by atoms with van der Waals surface area (Å²) in [6.45, 7) is 0. The van der Waals surface area contributed by atoms with Crippen molar-refractivity contribution in [1.29, 1.82) is 0 Å². The van der Waals surface area contributed by atoms with Crippen molar-refractivity contribution in [1.82, 2.24) is 0 Å². The van der Waals surface area contributed by atoms with Crippen LogP contribution in [0.25, 0.3) is 11.0 Å². The van der Waals surface area contributed by atoms with Crippen LogP contribution in [-0.4, -0.2) is 37.3 Å². The molecule has 0 atom stereocenters. The van der Waals surface area contributed by atoms with Gasteiger partial charge in [0, 0.05) is 11.5 Å². The number of fused-ring (bicyclic) bond motifs is 1. The Bertz CT molecular complexity index is 2610. The summed E-state index contributed by atoms with van der Waals surface area (Å²) in [5.41, 5.74) is -14.4. The number of ether oxygens (including phenoxy) is 1. The van der Waals surface area contributed by atoms with Crippen LogP contribution >= 0.6 is 0 Å². The molecule has 0 aliphatic carbocycles. The number of carbonyl (C=O) groups is 1. The topological polar surface area (TPSA) is 56.5 Å². The van der Waals surface area contributed by atoms with Crippen LogP contribution in [0.15, 0.2) is 33.5 Å². The van der Waals surface area contributed by atoms with Crippen LogP contribution in [0, 0.1) is 116 Å². The summed E-state index contributed by atoms with van der Waals surface area (Å²) >= 11 is 0. The van der Waals surface area contributed by atoms with Gasteiger partial charge in [0.15, 0.2) is 75.6 Å². The van der Waals surface area contributed by atoms with E-state index in [2.05, 4.69) is 0 Å². The molecular weight excluding hydrogens is 943 g/mol. The Balaban J connectivity index is 0.000000337. The lowest BCUT2D eigenvalue weighted by atomic mass is 9.12. The first-order valence-corrected chi connectivity index (χ1v) is 18.8. The van der Waals surface area contributed by atoms with Crippen LogP contribution in [0.3, 0.4) is 0 Å². The van der Waals surface area contributed by atoms with Crippen LogP contribution in [0.5, 0.6) is 5.75 Å². The van der Waals surface area contributed by atoms with Crippen molar-refractivity contribution >= 4 is 55.6 Å². The van der Waals surface area contributed by atoms with Crippen molar-refractivity contribution in [3.8, 4) is 5.75 Å². The van der Waals surface area contributed by atoms with Crippen LogP contribution in [-0.2, 0) is 10.9 Å². The quantitative estimate of drug-likeness (QED) is 0.0299. The molecule has 6 rings (SSSR count). The molecule has 1 aromatic heterocycles. The van der Waals surface area contributed by atoms with Crippen molar-refractivity contribution < 1.29 is 102 Å². The number of benzene rings is 5. The number of rotatable bonds is 8. The lowest BCUT2D eigenvalue weighted by Crippen LogP contribution is -2.81. The van der Waals surface area contributed by atoms with Crippen molar-refractivity contribution in [2.24, 2.45) is 0 Å². The highest BCUT2D eigenvalue weighted by Gasteiger charge is 2.52. The largest absolute Gasteiger partial charge is 0.497 e. The minimum atomic E-state index is -7.22. The maximum atomic E-state index is 15.4. The fraction of sp³-hybridized carbons (Fsp3) is 0.105. The molecule has 4 nitrogen and oxygen atoms in total. The average Bonchev–Trinajstić information content (AvgIpc) is 3.25. The fourth-order valence-corrected chi connectivity index (χ4v) is 7.31. The van der Waals surface area contributed by atoms with E-state index in [0.29, 0.717) is 17.1 Å². The second kappa shape index (κ2) is 17.8. The van der Waals surface area contributed by atoms with Gasteiger partial charge in [0.1, 0.15) is 69.6 Å². The number of ketones is 1. The molecule has 340 valence electrons. The standard InChI is InChI=1S/C24BF20.C14H15O4S/c26-5-1(6(27)14(35)21(42)13(5)34)25(2-7(28)15(36)22(43)16(37)8(2)29,3-9(30)17(38)23(44)18(39)10(3)31)4-11(32)19(40)24(45)20(41)12(4)33;1-17-10-5-4-9-6-11(12(15)8-19(2)3)14(16)18-13(9)7-10/h;4-7H,8H2,1-3H3/q-1;+1. The third kappa shape index (κ3) is 7.57. The van der Waals surface area contributed by atoms with Gasteiger partial charge < -0.3 is 9.15 Å². The second-order valence-corrected chi connectivity index (χ2v) is 15.5. The maximum absolute atomic E-state index is 15.4. The molecule has 6 aromatic rings. The zero-order valence-electron chi connectivity index (χ0n) is 31.2. The molecule has 0 bridgehead atoms. The monoisotopic (exact) mass is 958 g/mol. The third-order valence-corrected chi connectivity index (χ3v) is 10.2. The average molecular weight is 958 g/mol. The van der Waals surface area contributed by atoms with Crippen LogP contribution in [0.1, 0.15) is 10.4 Å². The van der Waals surface area contributed by atoms with E-state index in [1.165, 1.54) is 0 Å². The van der Waals surface area contributed by atoms with Gasteiger partial charge in [0.25, 0.3) is 0 Å².